The summed E-state index contributed by atoms with van der Waals surface area (Å²) in [5, 5.41) is 42.4. The van der Waals surface area contributed by atoms with Crippen LogP contribution in [0.3, 0.4) is 0 Å². The maximum atomic E-state index is 11.5. The molecular formula is C21H22BrN7O6. The molecule has 0 aliphatic rings. The maximum Gasteiger partial charge on any atom is 0.304 e. The average molecular weight is 548 g/mol. The van der Waals surface area contributed by atoms with Gasteiger partial charge in [0.1, 0.15) is 5.75 Å². The van der Waals surface area contributed by atoms with Gasteiger partial charge in [0.25, 0.3) is 5.69 Å². The molecule has 1 N–H and O–H groups in total. The van der Waals surface area contributed by atoms with E-state index >= 15 is 0 Å². The first kappa shape index (κ1) is 27.1. The van der Waals surface area contributed by atoms with Crippen LogP contribution < -0.4 is 15.0 Å². The lowest BCUT2D eigenvalue weighted by Crippen LogP contribution is -2.25. The minimum atomic E-state index is -0.789. The smallest absolute Gasteiger partial charge is 0.304 e. The number of rotatable bonds is 11. The first-order valence-corrected chi connectivity index (χ1v) is 11.0. The van der Waals surface area contributed by atoms with Crippen LogP contribution in [0, 0.1) is 31.6 Å². The summed E-state index contributed by atoms with van der Waals surface area (Å²) >= 11 is 3.09. The Kier molecular flexibility index (Phi) is 9.59. The van der Waals surface area contributed by atoms with Crippen LogP contribution in [0.15, 0.2) is 39.0 Å². The second-order valence-electron chi connectivity index (χ2n) is 7.06. The summed E-state index contributed by atoms with van der Waals surface area (Å²) in [6.45, 7) is 4.39. The highest BCUT2D eigenvalue weighted by atomic mass is 79.9. The highest BCUT2D eigenvalue weighted by molar-refractivity contribution is 9.10. The zero-order chi connectivity index (χ0) is 26.1. The van der Waals surface area contributed by atoms with E-state index in [1.54, 1.807) is 12.1 Å². The second-order valence-corrected chi connectivity index (χ2v) is 7.91. The molecule has 13 nitrogen and oxygen atoms in total. The van der Waals surface area contributed by atoms with Gasteiger partial charge in [0.15, 0.2) is 5.69 Å². The highest BCUT2D eigenvalue weighted by Crippen LogP contribution is 2.41. The largest absolute Gasteiger partial charge is 0.495 e. The summed E-state index contributed by atoms with van der Waals surface area (Å²) in [7, 11) is 1.46. The Bertz CT molecular complexity index is 1210. The van der Waals surface area contributed by atoms with Crippen LogP contribution in [0.1, 0.15) is 25.8 Å². The molecule has 0 unspecified atom stereocenters. The number of anilines is 1. The molecule has 0 heterocycles. The number of carbonyl (C=O) groups excluding carboxylic acids is 1. The van der Waals surface area contributed by atoms with Crippen molar-refractivity contribution in [2.75, 3.05) is 25.1 Å². The Morgan fingerprint density at radius 2 is 1.94 bits per heavy atom. The number of halogens is 1. The fraction of sp³-hybridized carbons (Fsp3) is 0.333. The zero-order valence-corrected chi connectivity index (χ0v) is 20.7. The van der Waals surface area contributed by atoms with Crippen molar-refractivity contribution in [1.82, 2.24) is 5.32 Å². The number of hydrogen-bond donors (Lipinski definition) is 1. The van der Waals surface area contributed by atoms with Crippen LogP contribution in [0.2, 0.25) is 0 Å². The SMILES string of the molecule is CCN(CCC#N)c1cc(CNC(C)=O)c(N=Nc2c(Br)cc([N+](=O)[O-])cc2[N+](=O)[O-])cc1OC. The molecule has 0 aromatic heterocycles. The van der Waals surface area contributed by atoms with Crippen molar-refractivity contribution < 1.29 is 19.4 Å². The lowest BCUT2D eigenvalue weighted by molar-refractivity contribution is -0.393. The Morgan fingerprint density at radius 3 is 2.49 bits per heavy atom. The van der Waals surface area contributed by atoms with Gasteiger partial charge in [-0.2, -0.15) is 5.26 Å². The number of nitro groups is 2. The van der Waals surface area contributed by atoms with Crippen LogP contribution in [0.4, 0.5) is 28.4 Å². The quantitative estimate of drug-likeness (QED) is 0.230. The first-order valence-electron chi connectivity index (χ1n) is 10.2. The number of methoxy groups -OCH3 is 1. The van der Waals surface area contributed by atoms with Crippen molar-refractivity contribution in [2.45, 2.75) is 26.8 Å². The molecule has 0 aliphatic carbocycles. The molecule has 0 atom stereocenters. The van der Waals surface area contributed by atoms with Gasteiger partial charge in [0.05, 0.1) is 51.4 Å². The molecule has 1 amide bonds. The third-order valence-corrected chi connectivity index (χ3v) is 5.42. The average Bonchev–Trinajstić information content (AvgIpc) is 2.81. The first-order chi connectivity index (χ1) is 16.6. The number of benzene rings is 2. The number of non-ortho nitro benzene ring substituents is 1. The van der Waals surface area contributed by atoms with Gasteiger partial charge in [-0.15, -0.1) is 10.2 Å². The summed E-state index contributed by atoms with van der Waals surface area (Å²) in [5.74, 6) is 0.137. The topological polar surface area (TPSA) is 176 Å². The number of hydrogen-bond acceptors (Lipinski definition) is 10. The van der Waals surface area contributed by atoms with Crippen LogP contribution in [0.25, 0.3) is 0 Å². The van der Waals surface area contributed by atoms with Gasteiger partial charge in [0.2, 0.25) is 5.91 Å². The molecular weight excluding hydrogens is 526 g/mol. The Morgan fingerprint density at radius 1 is 1.23 bits per heavy atom. The molecule has 2 aromatic rings. The number of amides is 1. The molecule has 0 spiro atoms. The van der Waals surface area contributed by atoms with E-state index in [9.17, 15) is 25.0 Å². The molecule has 184 valence electrons. The van der Waals surface area contributed by atoms with Crippen molar-refractivity contribution in [3.8, 4) is 11.8 Å². The van der Waals surface area contributed by atoms with Crippen molar-refractivity contribution in [3.05, 3.63) is 54.5 Å². The zero-order valence-electron chi connectivity index (χ0n) is 19.1. The van der Waals surface area contributed by atoms with E-state index in [2.05, 4.69) is 37.5 Å². The van der Waals surface area contributed by atoms with Crippen molar-refractivity contribution in [2.24, 2.45) is 10.2 Å². The van der Waals surface area contributed by atoms with Crippen LogP contribution in [0.5, 0.6) is 5.75 Å². The second kappa shape index (κ2) is 12.4. The van der Waals surface area contributed by atoms with E-state index in [0.717, 1.165) is 12.1 Å². The Labute approximate surface area is 208 Å². The van der Waals surface area contributed by atoms with Gasteiger partial charge in [-0.3, -0.25) is 25.0 Å². The minimum Gasteiger partial charge on any atom is -0.495 e. The van der Waals surface area contributed by atoms with Crippen LogP contribution in [-0.4, -0.2) is 36.0 Å². The molecule has 14 heteroatoms. The highest BCUT2D eigenvalue weighted by Gasteiger charge is 2.24. The standard InChI is InChI=1S/C21H22BrN7O6/c1-4-27(7-5-6-23)18-8-14(12-24-13(2)30)17(11-20(18)35-3)25-26-21-16(22)9-15(28(31)32)10-19(21)29(33)34/h8-11H,4-5,7,12H2,1-3H3,(H,24,30). The van der Waals surface area contributed by atoms with Crippen LogP contribution >= 0.6 is 15.9 Å². The van der Waals surface area contributed by atoms with Crippen molar-refractivity contribution >= 4 is 50.3 Å². The number of carbonyl (C=O) groups is 1. The van der Waals surface area contributed by atoms with Gasteiger partial charge in [-0.25, -0.2) is 0 Å². The molecule has 0 aliphatic heterocycles. The summed E-state index contributed by atoms with van der Waals surface area (Å²) in [6.07, 6.45) is 0.289. The summed E-state index contributed by atoms with van der Waals surface area (Å²) in [4.78, 5) is 34.5. The fourth-order valence-electron chi connectivity index (χ4n) is 3.12. The predicted molar refractivity (Wildman–Crippen MR) is 130 cm³/mol. The maximum absolute atomic E-state index is 11.5. The summed E-state index contributed by atoms with van der Waals surface area (Å²) in [5.41, 5.74) is 0.184. The number of azo groups is 1. The summed E-state index contributed by atoms with van der Waals surface area (Å²) in [6, 6.07) is 7.30. The minimum absolute atomic E-state index is 0.0165. The number of nitriles is 1. The van der Waals surface area contributed by atoms with E-state index in [4.69, 9.17) is 10.00 Å². The van der Waals surface area contributed by atoms with Crippen molar-refractivity contribution in [3.63, 3.8) is 0 Å². The van der Waals surface area contributed by atoms with E-state index in [1.165, 1.54) is 14.0 Å². The van der Waals surface area contributed by atoms with Gasteiger partial charge < -0.3 is 15.0 Å². The third kappa shape index (κ3) is 6.93. The molecule has 0 radical (unpaired) electrons. The number of ether oxygens (including phenoxy) is 1. The van der Waals surface area contributed by atoms with Crippen LogP contribution in [-0.2, 0) is 11.3 Å². The molecule has 0 bridgehead atoms. The lowest BCUT2D eigenvalue weighted by atomic mass is 10.1. The number of nitrogens with zero attached hydrogens (tertiary/aromatic N) is 6. The van der Waals surface area contributed by atoms with Crippen molar-refractivity contribution in [1.29, 1.82) is 5.26 Å². The van der Waals surface area contributed by atoms with E-state index in [-0.39, 0.29) is 34.7 Å². The Balaban J connectivity index is 2.64. The van der Waals surface area contributed by atoms with Gasteiger partial charge in [0, 0.05) is 44.3 Å². The third-order valence-electron chi connectivity index (χ3n) is 4.82. The van der Waals surface area contributed by atoms with Gasteiger partial charge >= 0.3 is 5.69 Å². The normalized spacial score (nSPS) is 10.6. The van der Waals surface area contributed by atoms with E-state index in [1.807, 2.05) is 11.8 Å². The predicted octanol–water partition coefficient (Wildman–Crippen LogP) is 5.07. The van der Waals surface area contributed by atoms with Gasteiger partial charge in [-0.05, 0) is 28.9 Å². The lowest BCUT2D eigenvalue weighted by Gasteiger charge is -2.25. The number of nitrogens with one attached hydrogen (secondary N) is 1. The monoisotopic (exact) mass is 547 g/mol. The molecule has 35 heavy (non-hydrogen) atoms. The fourth-order valence-corrected chi connectivity index (χ4v) is 3.63. The number of nitro benzene ring substituents is 2. The molecule has 2 rings (SSSR count). The molecule has 2 aromatic carbocycles. The molecule has 0 fully saturated rings. The van der Waals surface area contributed by atoms with Gasteiger partial charge in [-0.1, -0.05) is 0 Å². The summed E-state index contributed by atoms with van der Waals surface area (Å²) < 4.78 is 5.52. The molecule has 0 saturated heterocycles. The Hall–Kier alpha value is -4.12. The molecule has 0 saturated carbocycles. The van der Waals surface area contributed by atoms with E-state index < -0.39 is 21.2 Å². The van der Waals surface area contributed by atoms with E-state index in [0.29, 0.717) is 30.1 Å².